The number of alkyl halides is 3. The molecule has 0 saturated carbocycles. The third-order valence-electron chi connectivity index (χ3n) is 1.78. The minimum absolute atomic E-state index is 0.0655. The van der Waals surface area contributed by atoms with Gasteiger partial charge in [-0.05, 0) is 13.8 Å². The molecule has 0 aromatic carbocycles. The van der Waals surface area contributed by atoms with Gasteiger partial charge in [0.05, 0.1) is 12.7 Å². The van der Waals surface area contributed by atoms with Crippen molar-refractivity contribution in [3.63, 3.8) is 0 Å². The van der Waals surface area contributed by atoms with Crippen molar-refractivity contribution in [1.29, 1.82) is 0 Å². The summed E-state index contributed by atoms with van der Waals surface area (Å²) in [6.45, 7) is 6.68. The van der Waals surface area contributed by atoms with Gasteiger partial charge in [0, 0.05) is 6.08 Å². The van der Waals surface area contributed by atoms with Crippen LogP contribution in [0.1, 0.15) is 13.8 Å². The van der Waals surface area contributed by atoms with E-state index in [9.17, 15) is 9.59 Å². The van der Waals surface area contributed by atoms with Gasteiger partial charge in [0.25, 0.3) is 3.79 Å². The Bertz CT molecular complexity index is 327. The van der Waals surface area contributed by atoms with Crippen LogP contribution in [0.15, 0.2) is 12.7 Å². The van der Waals surface area contributed by atoms with E-state index in [1.54, 1.807) is 13.8 Å². The first-order valence-corrected chi connectivity index (χ1v) is 6.48. The average molecular weight is 334 g/mol. The van der Waals surface area contributed by atoms with Gasteiger partial charge in [0.15, 0.2) is 0 Å². The molecule has 2 atom stereocenters. The summed E-state index contributed by atoms with van der Waals surface area (Å²) < 4.78 is 12.8. The molecule has 0 N–H and O–H groups in total. The summed E-state index contributed by atoms with van der Waals surface area (Å²) in [6.07, 6.45) is 0.0940. The molecule has 0 fully saturated rings. The highest BCUT2D eigenvalue weighted by molar-refractivity contribution is 6.75. The third kappa shape index (κ3) is 9.10. The topological polar surface area (TPSA) is 61.8 Å². The van der Waals surface area contributed by atoms with Crippen LogP contribution in [0.3, 0.4) is 0 Å². The highest BCUT2D eigenvalue weighted by Gasteiger charge is 2.33. The van der Waals surface area contributed by atoms with E-state index in [4.69, 9.17) is 49.0 Å². The standard InChI is InChI=1S/C11H15Cl3O5/c1-4-9(15)18-5-7(2)17-6-8(3)19-10(16)11(12,13)14/h4,7-8H,1,5-6H2,2-3H3. The number of hydrogen-bond acceptors (Lipinski definition) is 5. The highest BCUT2D eigenvalue weighted by Crippen LogP contribution is 2.27. The summed E-state index contributed by atoms with van der Waals surface area (Å²) in [4.78, 5) is 22.0. The molecule has 0 aliphatic carbocycles. The van der Waals surface area contributed by atoms with Gasteiger partial charge >= 0.3 is 11.9 Å². The molecular formula is C11H15Cl3O5. The normalized spacial score (nSPS) is 14.4. The zero-order valence-corrected chi connectivity index (χ0v) is 12.8. The molecule has 0 aliphatic rings. The molecule has 110 valence electrons. The average Bonchev–Trinajstić information content (AvgIpc) is 2.32. The fourth-order valence-electron chi connectivity index (χ4n) is 0.890. The molecule has 0 aromatic rings. The Kier molecular flexibility index (Phi) is 8.41. The minimum atomic E-state index is -2.11. The van der Waals surface area contributed by atoms with E-state index < -0.39 is 21.8 Å². The van der Waals surface area contributed by atoms with Crippen molar-refractivity contribution in [1.82, 2.24) is 0 Å². The number of hydrogen-bond donors (Lipinski definition) is 0. The van der Waals surface area contributed by atoms with Crippen LogP contribution in [-0.4, -0.2) is 41.2 Å². The van der Waals surface area contributed by atoms with Gasteiger partial charge in [-0.15, -0.1) is 0 Å². The van der Waals surface area contributed by atoms with Crippen molar-refractivity contribution in [2.45, 2.75) is 29.8 Å². The maximum atomic E-state index is 11.2. The molecule has 0 heterocycles. The Morgan fingerprint density at radius 3 is 2.26 bits per heavy atom. The minimum Gasteiger partial charge on any atom is -0.460 e. The number of carbonyl (C=O) groups is 2. The quantitative estimate of drug-likeness (QED) is 0.407. The van der Waals surface area contributed by atoms with Gasteiger partial charge in [-0.25, -0.2) is 9.59 Å². The molecule has 0 amide bonds. The summed E-state index contributed by atoms with van der Waals surface area (Å²) in [7, 11) is 0. The first-order chi connectivity index (χ1) is 8.66. The van der Waals surface area contributed by atoms with Crippen LogP contribution in [0.4, 0.5) is 0 Å². The maximum absolute atomic E-state index is 11.2. The molecular weight excluding hydrogens is 318 g/mol. The lowest BCUT2D eigenvalue weighted by Crippen LogP contribution is -2.30. The molecule has 2 unspecified atom stereocenters. The molecule has 0 bridgehead atoms. The van der Waals surface area contributed by atoms with Gasteiger partial charge in [0.2, 0.25) is 0 Å². The highest BCUT2D eigenvalue weighted by atomic mass is 35.6. The van der Waals surface area contributed by atoms with E-state index in [1.165, 1.54) is 0 Å². The molecule has 8 heteroatoms. The van der Waals surface area contributed by atoms with E-state index in [0.717, 1.165) is 6.08 Å². The number of carbonyl (C=O) groups excluding carboxylic acids is 2. The van der Waals surface area contributed by atoms with Crippen molar-refractivity contribution in [2.75, 3.05) is 13.2 Å². The van der Waals surface area contributed by atoms with Crippen LogP contribution in [-0.2, 0) is 23.8 Å². The van der Waals surface area contributed by atoms with Gasteiger partial charge in [-0.2, -0.15) is 0 Å². The van der Waals surface area contributed by atoms with E-state index in [1.807, 2.05) is 0 Å². The van der Waals surface area contributed by atoms with Crippen molar-refractivity contribution >= 4 is 46.7 Å². The molecule has 0 spiro atoms. The van der Waals surface area contributed by atoms with Crippen LogP contribution >= 0.6 is 34.8 Å². The summed E-state index contributed by atoms with van der Waals surface area (Å²) in [5.74, 6) is -1.51. The van der Waals surface area contributed by atoms with E-state index in [-0.39, 0.29) is 19.3 Å². The lowest BCUT2D eigenvalue weighted by molar-refractivity contribution is -0.152. The monoisotopic (exact) mass is 332 g/mol. The van der Waals surface area contributed by atoms with Crippen LogP contribution in [0.2, 0.25) is 0 Å². The van der Waals surface area contributed by atoms with Gasteiger partial charge in [-0.1, -0.05) is 41.4 Å². The molecule has 19 heavy (non-hydrogen) atoms. The predicted octanol–water partition coefficient (Wildman–Crippen LogP) is 2.42. The second-order valence-electron chi connectivity index (χ2n) is 3.69. The SMILES string of the molecule is C=CC(=O)OCC(C)OCC(C)OC(=O)C(Cl)(Cl)Cl. The lowest BCUT2D eigenvalue weighted by Gasteiger charge is -2.19. The Labute approximate surface area is 126 Å². The first-order valence-electron chi connectivity index (χ1n) is 5.35. The maximum Gasteiger partial charge on any atom is 0.358 e. The Balaban J connectivity index is 3.90. The molecule has 5 nitrogen and oxygen atoms in total. The molecule has 0 aromatic heterocycles. The number of esters is 2. The van der Waals surface area contributed by atoms with Crippen LogP contribution in [0, 0.1) is 0 Å². The van der Waals surface area contributed by atoms with E-state index >= 15 is 0 Å². The smallest absolute Gasteiger partial charge is 0.358 e. The van der Waals surface area contributed by atoms with Gasteiger partial charge in [-0.3, -0.25) is 0 Å². The Morgan fingerprint density at radius 2 is 1.79 bits per heavy atom. The van der Waals surface area contributed by atoms with Crippen LogP contribution < -0.4 is 0 Å². The third-order valence-corrected chi connectivity index (χ3v) is 2.25. The van der Waals surface area contributed by atoms with Crippen molar-refractivity contribution in [3.05, 3.63) is 12.7 Å². The Hall–Kier alpha value is -0.490. The molecule has 0 rings (SSSR count). The van der Waals surface area contributed by atoms with Gasteiger partial charge in [0.1, 0.15) is 12.7 Å². The van der Waals surface area contributed by atoms with Crippen molar-refractivity contribution in [2.24, 2.45) is 0 Å². The second-order valence-corrected chi connectivity index (χ2v) is 5.97. The van der Waals surface area contributed by atoms with Crippen molar-refractivity contribution < 1.29 is 23.8 Å². The fraction of sp³-hybridized carbons (Fsp3) is 0.636. The summed E-state index contributed by atoms with van der Waals surface area (Å²) in [5, 5.41) is 0. The first kappa shape index (κ1) is 18.5. The zero-order valence-electron chi connectivity index (χ0n) is 10.5. The number of ether oxygens (including phenoxy) is 3. The second kappa shape index (κ2) is 8.64. The fourth-order valence-corrected chi connectivity index (χ4v) is 1.02. The van der Waals surface area contributed by atoms with E-state index in [2.05, 4.69) is 6.58 Å². The lowest BCUT2D eigenvalue weighted by atomic mass is 10.4. The number of rotatable bonds is 7. The Morgan fingerprint density at radius 1 is 1.21 bits per heavy atom. The number of halogens is 3. The van der Waals surface area contributed by atoms with Crippen LogP contribution in [0.5, 0.6) is 0 Å². The summed E-state index contributed by atoms with van der Waals surface area (Å²) in [6, 6.07) is 0. The summed E-state index contributed by atoms with van der Waals surface area (Å²) in [5.41, 5.74) is 0. The summed E-state index contributed by atoms with van der Waals surface area (Å²) >= 11 is 16.0. The molecule has 0 saturated heterocycles. The predicted molar refractivity (Wildman–Crippen MR) is 72.4 cm³/mol. The largest absolute Gasteiger partial charge is 0.460 e. The molecule has 0 radical (unpaired) electrons. The van der Waals surface area contributed by atoms with E-state index in [0.29, 0.717) is 0 Å². The van der Waals surface area contributed by atoms with Gasteiger partial charge < -0.3 is 14.2 Å². The van der Waals surface area contributed by atoms with Crippen molar-refractivity contribution in [3.8, 4) is 0 Å². The molecule has 0 aliphatic heterocycles. The zero-order chi connectivity index (χ0) is 15.1. The van der Waals surface area contributed by atoms with Crippen LogP contribution in [0.25, 0.3) is 0 Å².